The van der Waals surface area contributed by atoms with E-state index >= 15 is 0 Å². The second kappa shape index (κ2) is 8.28. The Hall–Kier alpha value is -3.10. The van der Waals surface area contributed by atoms with Gasteiger partial charge in [0.05, 0.1) is 0 Å². The first-order chi connectivity index (χ1) is 13.0. The van der Waals surface area contributed by atoms with Crippen LogP contribution in [0.25, 0.3) is 0 Å². The normalized spacial score (nSPS) is 14.4. The number of carbonyl (C=O) groups is 4. The molecular weight excluding hydrogens is 368 g/mol. The van der Waals surface area contributed by atoms with Crippen LogP contribution in [0.5, 0.6) is 5.75 Å². The fraction of sp³-hybridized carbons (Fsp3) is 0.474. The van der Waals surface area contributed by atoms with Crippen LogP contribution in [0.2, 0.25) is 0 Å². The van der Waals surface area contributed by atoms with Gasteiger partial charge in [0.2, 0.25) is 5.91 Å². The van der Waals surface area contributed by atoms with Gasteiger partial charge in [-0.05, 0) is 51.0 Å². The van der Waals surface area contributed by atoms with Crippen LogP contribution >= 0.6 is 0 Å². The molecule has 2 amide bonds. The molecule has 0 unspecified atom stereocenters. The molecule has 0 aromatic heterocycles. The maximum Gasteiger partial charge on any atom is 0.341 e. The molecule has 1 heterocycles. The lowest BCUT2D eigenvalue weighted by Crippen LogP contribution is -2.45. The quantitative estimate of drug-likeness (QED) is 0.632. The van der Waals surface area contributed by atoms with Crippen molar-refractivity contribution in [2.75, 3.05) is 6.61 Å². The number of hydrogen-bond donors (Lipinski definition) is 2. The molecule has 0 fully saturated rings. The molecule has 1 aromatic carbocycles. The second-order valence-electron chi connectivity index (χ2n) is 7.48. The molecule has 0 aliphatic carbocycles. The highest BCUT2D eigenvalue weighted by molar-refractivity contribution is 6.01. The molecule has 1 aromatic rings. The second-order valence-corrected chi connectivity index (χ2v) is 7.48. The average molecular weight is 392 g/mol. The molecule has 152 valence electrons. The molecule has 9 nitrogen and oxygen atoms in total. The fourth-order valence-corrected chi connectivity index (χ4v) is 2.90. The molecule has 0 saturated heterocycles. The molecule has 1 aliphatic rings. The van der Waals surface area contributed by atoms with Crippen molar-refractivity contribution in [2.24, 2.45) is 5.73 Å². The molecule has 1 atom stereocenters. The maximum atomic E-state index is 12.7. The summed E-state index contributed by atoms with van der Waals surface area (Å²) in [6.07, 6.45) is -0.00960. The summed E-state index contributed by atoms with van der Waals surface area (Å²) in [6.45, 7) is 4.82. The number of rotatable bonds is 8. The van der Waals surface area contributed by atoms with Crippen molar-refractivity contribution in [1.82, 2.24) is 4.90 Å². The number of amides is 2. The number of nitrogens with two attached hydrogens (primary N) is 1. The minimum Gasteiger partial charge on any atom is -0.482 e. The molecule has 0 saturated carbocycles. The predicted molar refractivity (Wildman–Crippen MR) is 97.5 cm³/mol. The number of hydrogen-bond acceptors (Lipinski definition) is 6. The summed E-state index contributed by atoms with van der Waals surface area (Å²) in [5, 5.41) is 8.68. The topological polar surface area (TPSA) is 136 Å². The van der Waals surface area contributed by atoms with E-state index in [1.165, 1.54) is 17.0 Å². The SMILES string of the molecule is CC(C)(C)OC(=O)CC[C@@H](C(N)=O)N1Cc2cc(OCC(=O)O)ccc2C1=O. The number of ether oxygens (including phenoxy) is 2. The van der Waals surface area contributed by atoms with Crippen molar-refractivity contribution in [3.63, 3.8) is 0 Å². The summed E-state index contributed by atoms with van der Waals surface area (Å²) in [5.74, 6) is -2.39. The summed E-state index contributed by atoms with van der Waals surface area (Å²) >= 11 is 0. The number of nitrogens with zero attached hydrogens (tertiary/aromatic N) is 1. The first-order valence-electron chi connectivity index (χ1n) is 8.77. The third kappa shape index (κ3) is 5.45. The number of esters is 1. The van der Waals surface area contributed by atoms with Crippen molar-refractivity contribution in [3.05, 3.63) is 29.3 Å². The van der Waals surface area contributed by atoms with E-state index in [2.05, 4.69) is 0 Å². The molecule has 0 radical (unpaired) electrons. The van der Waals surface area contributed by atoms with Crippen molar-refractivity contribution < 1.29 is 33.8 Å². The number of benzene rings is 1. The minimum absolute atomic E-state index is 0.0480. The largest absolute Gasteiger partial charge is 0.482 e. The van der Waals surface area contributed by atoms with Crippen LogP contribution in [0, 0.1) is 0 Å². The summed E-state index contributed by atoms with van der Waals surface area (Å²) < 4.78 is 10.3. The van der Waals surface area contributed by atoms with Crippen LogP contribution in [0.1, 0.15) is 49.5 Å². The summed E-state index contributed by atoms with van der Waals surface area (Å²) in [4.78, 5) is 48.4. The van der Waals surface area contributed by atoms with Gasteiger partial charge in [-0.2, -0.15) is 0 Å². The lowest BCUT2D eigenvalue weighted by molar-refractivity contribution is -0.155. The van der Waals surface area contributed by atoms with E-state index < -0.39 is 36.1 Å². The van der Waals surface area contributed by atoms with Crippen molar-refractivity contribution in [2.45, 2.75) is 51.8 Å². The average Bonchev–Trinajstić information content (AvgIpc) is 2.87. The Labute approximate surface area is 162 Å². The molecule has 1 aliphatic heterocycles. The molecule has 28 heavy (non-hydrogen) atoms. The number of aliphatic carboxylic acids is 1. The first kappa shape index (κ1) is 21.2. The molecule has 3 N–H and O–H groups in total. The summed E-state index contributed by atoms with van der Waals surface area (Å²) in [5.41, 5.74) is 5.79. The molecule has 9 heteroatoms. The van der Waals surface area contributed by atoms with E-state index in [9.17, 15) is 19.2 Å². The van der Waals surface area contributed by atoms with E-state index in [1.807, 2.05) is 0 Å². The van der Waals surface area contributed by atoms with Crippen LogP contribution in [0.15, 0.2) is 18.2 Å². The zero-order chi connectivity index (χ0) is 21.1. The van der Waals surface area contributed by atoms with Crippen LogP contribution in [0.4, 0.5) is 0 Å². The number of carboxylic acid groups (broad SMARTS) is 1. The van der Waals surface area contributed by atoms with E-state index in [0.29, 0.717) is 16.9 Å². The smallest absolute Gasteiger partial charge is 0.341 e. The Morgan fingerprint density at radius 3 is 2.54 bits per heavy atom. The summed E-state index contributed by atoms with van der Waals surface area (Å²) in [7, 11) is 0. The van der Waals surface area contributed by atoms with Crippen molar-refractivity contribution >= 4 is 23.8 Å². The van der Waals surface area contributed by atoms with Gasteiger partial charge in [0.1, 0.15) is 17.4 Å². The highest BCUT2D eigenvalue weighted by Crippen LogP contribution is 2.29. The minimum atomic E-state index is -1.12. The van der Waals surface area contributed by atoms with Crippen molar-refractivity contribution in [3.8, 4) is 5.75 Å². The number of carboxylic acids is 1. The zero-order valence-electron chi connectivity index (χ0n) is 16.1. The van der Waals surface area contributed by atoms with Gasteiger partial charge in [0.15, 0.2) is 6.61 Å². The lowest BCUT2D eigenvalue weighted by Gasteiger charge is -2.25. The van der Waals surface area contributed by atoms with Crippen LogP contribution in [0.3, 0.4) is 0 Å². The molecular formula is C19H24N2O7. The third-order valence-electron chi connectivity index (χ3n) is 4.02. The Bertz CT molecular complexity index is 798. The predicted octanol–water partition coefficient (Wildman–Crippen LogP) is 1.08. The van der Waals surface area contributed by atoms with E-state index in [4.69, 9.17) is 20.3 Å². The Balaban J connectivity index is 2.09. The Morgan fingerprint density at radius 1 is 1.29 bits per heavy atom. The Morgan fingerprint density at radius 2 is 1.96 bits per heavy atom. The van der Waals surface area contributed by atoms with Gasteiger partial charge in [-0.15, -0.1) is 0 Å². The summed E-state index contributed by atoms with van der Waals surface area (Å²) in [6, 6.07) is 3.60. The van der Waals surface area contributed by atoms with E-state index in [1.54, 1.807) is 26.8 Å². The first-order valence-corrected chi connectivity index (χ1v) is 8.77. The fourth-order valence-electron chi connectivity index (χ4n) is 2.90. The standard InChI is InChI=1S/C19H24N2O7/c1-19(2,3)28-16(24)7-6-14(17(20)25)21-9-11-8-12(27-10-15(22)23)4-5-13(11)18(21)26/h4-5,8,14H,6-7,9-10H2,1-3H3,(H2,20,25)(H,22,23)/t14-/m0/s1. The molecule has 0 spiro atoms. The number of primary amides is 1. The van der Waals surface area contributed by atoms with E-state index in [-0.39, 0.29) is 25.3 Å². The van der Waals surface area contributed by atoms with Gasteiger partial charge in [-0.25, -0.2) is 4.79 Å². The highest BCUT2D eigenvalue weighted by Gasteiger charge is 2.36. The molecule has 0 bridgehead atoms. The maximum absolute atomic E-state index is 12.7. The van der Waals surface area contributed by atoms with Crippen molar-refractivity contribution in [1.29, 1.82) is 0 Å². The van der Waals surface area contributed by atoms with Gasteiger partial charge < -0.3 is 25.2 Å². The van der Waals surface area contributed by atoms with Gasteiger partial charge >= 0.3 is 11.9 Å². The molecule has 2 rings (SSSR count). The van der Waals surface area contributed by atoms with Gasteiger partial charge in [0.25, 0.3) is 5.91 Å². The van der Waals surface area contributed by atoms with Gasteiger partial charge in [-0.1, -0.05) is 0 Å². The van der Waals surface area contributed by atoms with E-state index in [0.717, 1.165) is 0 Å². The van der Waals surface area contributed by atoms with Crippen LogP contribution in [-0.2, 0) is 25.7 Å². The lowest BCUT2D eigenvalue weighted by atomic mass is 10.1. The zero-order valence-corrected chi connectivity index (χ0v) is 16.1. The monoisotopic (exact) mass is 392 g/mol. The Kier molecular flexibility index (Phi) is 6.27. The highest BCUT2D eigenvalue weighted by atomic mass is 16.6. The third-order valence-corrected chi connectivity index (χ3v) is 4.02. The van der Waals surface area contributed by atoms with Gasteiger partial charge in [-0.3, -0.25) is 14.4 Å². The van der Waals surface area contributed by atoms with Gasteiger partial charge in [0, 0.05) is 18.5 Å². The number of fused-ring (bicyclic) bond motifs is 1. The van der Waals surface area contributed by atoms with Crippen LogP contribution < -0.4 is 10.5 Å². The number of carbonyl (C=O) groups excluding carboxylic acids is 3. The van der Waals surface area contributed by atoms with Crippen LogP contribution in [-0.4, -0.2) is 52.0 Å².